The Balaban J connectivity index is 1.87. The van der Waals surface area contributed by atoms with Gasteiger partial charge in [0.05, 0.1) is 29.6 Å². The highest BCUT2D eigenvalue weighted by atomic mass is 35.6. The van der Waals surface area contributed by atoms with Crippen molar-refractivity contribution in [3.63, 3.8) is 0 Å². The van der Waals surface area contributed by atoms with E-state index in [-0.39, 0.29) is 29.7 Å². The second-order valence-corrected chi connectivity index (χ2v) is 15.9. The van der Waals surface area contributed by atoms with E-state index in [0.717, 1.165) is 13.8 Å². The number of aliphatic hydroxyl groups is 2. The second-order valence-electron chi connectivity index (χ2n) is 13.6. The molecule has 5 rings (SSSR count). The van der Waals surface area contributed by atoms with Gasteiger partial charge in [0.15, 0.2) is 17.5 Å². The number of Topliss-reactive ketones (excluding diaryl/α,β-unsaturated/α-hetero) is 1. The average molecular weight is 732 g/mol. The largest absolute Gasteiger partial charge is 0.458 e. The zero-order valence-corrected chi connectivity index (χ0v) is 29.4. The Morgan fingerprint density at radius 2 is 1.60 bits per heavy atom. The molecule has 262 valence electrons. The number of ketones is 1. The number of alkyl halides is 3. The second kappa shape index (κ2) is 12.2. The van der Waals surface area contributed by atoms with Crippen LogP contribution in [-0.2, 0) is 42.9 Å². The lowest BCUT2D eigenvalue weighted by Crippen LogP contribution is -2.82. The summed E-state index contributed by atoms with van der Waals surface area (Å²) in [6, 6.07) is 7.85. The molecular formula is C33H37Cl3O12. The molecule has 1 aromatic rings. The van der Waals surface area contributed by atoms with Gasteiger partial charge in [0.2, 0.25) is 0 Å². The molecule has 1 heterocycles. The summed E-state index contributed by atoms with van der Waals surface area (Å²) in [5.41, 5.74) is -7.26. The maximum atomic E-state index is 15.3. The van der Waals surface area contributed by atoms with Gasteiger partial charge < -0.3 is 33.9 Å². The average Bonchev–Trinajstić information content (AvgIpc) is 2.97. The molecule has 4 aliphatic rings. The van der Waals surface area contributed by atoms with Crippen molar-refractivity contribution in [1.29, 1.82) is 0 Å². The lowest BCUT2D eigenvalue weighted by molar-refractivity contribution is -0.346. The molecule has 9 atom stereocenters. The molecule has 2 bridgehead atoms. The molecule has 2 unspecified atom stereocenters. The Morgan fingerprint density at radius 3 is 2.12 bits per heavy atom. The van der Waals surface area contributed by atoms with Crippen LogP contribution in [0.25, 0.3) is 0 Å². The fraction of sp³-hybridized carbons (Fsp3) is 0.606. The Morgan fingerprint density at radius 1 is 0.979 bits per heavy atom. The van der Waals surface area contributed by atoms with Crippen LogP contribution in [0.4, 0.5) is 0 Å². The van der Waals surface area contributed by atoms with Gasteiger partial charge in [-0.3, -0.25) is 14.4 Å². The first-order chi connectivity index (χ1) is 22.1. The van der Waals surface area contributed by atoms with E-state index in [4.69, 9.17) is 58.5 Å². The highest BCUT2D eigenvalue weighted by molar-refractivity contribution is 6.75. The minimum absolute atomic E-state index is 0.0596. The number of hydrogen-bond acceptors (Lipinski definition) is 12. The van der Waals surface area contributed by atoms with Crippen molar-refractivity contribution in [2.24, 2.45) is 16.7 Å². The van der Waals surface area contributed by atoms with E-state index in [1.165, 1.54) is 26.0 Å². The maximum Gasteiger partial charge on any atom is 0.358 e. The normalized spacial score (nSPS) is 37.0. The molecule has 2 saturated carbocycles. The third-order valence-electron chi connectivity index (χ3n) is 10.7. The van der Waals surface area contributed by atoms with Gasteiger partial charge in [-0.05, 0) is 37.1 Å². The summed E-state index contributed by atoms with van der Waals surface area (Å²) in [5.74, 6) is -6.32. The predicted molar refractivity (Wildman–Crippen MR) is 169 cm³/mol. The summed E-state index contributed by atoms with van der Waals surface area (Å²) >= 11 is 17.7. The summed E-state index contributed by atoms with van der Waals surface area (Å²) in [7, 11) is 0. The van der Waals surface area contributed by atoms with Crippen molar-refractivity contribution in [3.8, 4) is 0 Å². The Kier molecular flexibility index (Phi) is 9.32. The van der Waals surface area contributed by atoms with Gasteiger partial charge in [0.25, 0.3) is 3.79 Å². The number of ether oxygens (including phenoxy) is 5. The van der Waals surface area contributed by atoms with Crippen LogP contribution in [0.5, 0.6) is 0 Å². The molecule has 3 fully saturated rings. The quantitative estimate of drug-likeness (QED) is 0.196. The molecule has 2 N–H and O–H groups in total. The van der Waals surface area contributed by atoms with Crippen LogP contribution >= 0.6 is 34.8 Å². The molecule has 12 nitrogen and oxygen atoms in total. The molecule has 1 saturated heterocycles. The fourth-order valence-electron chi connectivity index (χ4n) is 8.25. The molecule has 48 heavy (non-hydrogen) atoms. The molecule has 0 aromatic heterocycles. The van der Waals surface area contributed by atoms with Crippen LogP contribution in [0, 0.1) is 16.7 Å². The SMILES string of the molecule is CC(=O)O[C@H]1C(=O)[C@@]2(C)C(C(OC(=O)c3ccccc3)[C@]3(O)C[C@H](O)C(C)=C1C3(C)C)[C@]1(OC(C)=O)CO[C@@H]1C[C@@H]2OC(=O)C(Cl)(Cl)Cl. The Labute approximate surface area is 291 Å². The number of fused-ring (bicyclic) bond motifs is 5. The van der Waals surface area contributed by atoms with Gasteiger partial charge in [-0.25, -0.2) is 9.59 Å². The summed E-state index contributed by atoms with van der Waals surface area (Å²) in [5, 5.41) is 24.5. The summed E-state index contributed by atoms with van der Waals surface area (Å²) in [4.78, 5) is 67.8. The van der Waals surface area contributed by atoms with E-state index in [1.54, 1.807) is 32.0 Å². The van der Waals surface area contributed by atoms with Gasteiger partial charge in [-0.2, -0.15) is 0 Å². The number of halogens is 3. The highest BCUT2D eigenvalue weighted by Gasteiger charge is 2.79. The van der Waals surface area contributed by atoms with Gasteiger partial charge in [0, 0.05) is 32.1 Å². The van der Waals surface area contributed by atoms with E-state index in [2.05, 4.69) is 0 Å². The smallest absolute Gasteiger partial charge is 0.358 e. The number of hydrogen-bond donors (Lipinski definition) is 2. The van der Waals surface area contributed by atoms with Gasteiger partial charge in [-0.15, -0.1) is 0 Å². The standard InChI is InChI=1S/C33H37Cl3O12/c1-15-19(39)13-32(43)26(47-27(41)18-10-8-7-9-11-18)24-30(6,25(40)23(45-16(2)37)22(15)29(32,4)5)20(46-28(42)33(34,35)36)12-21-31(24,14-44-21)48-17(3)38/h7-11,19-21,23-24,26,39,43H,12-14H2,1-6H3/t19-,20-,21+,23+,24?,26?,30+,31-,32+/m0/s1. The number of benzene rings is 1. The third kappa shape index (κ3) is 5.52. The first kappa shape index (κ1) is 36.5. The minimum Gasteiger partial charge on any atom is -0.458 e. The fourth-order valence-corrected chi connectivity index (χ4v) is 8.38. The van der Waals surface area contributed by atoms with E-state index >= 15 is 4.79 Å². The summed E-state index contributed by atoms with van der Waals surface area (Å²) < 4.78 is 26.9. The monoisotopic (exact) mass is 730 g/mol. The molecule has 15 heteroatoms. The van der Waals surface area contributed by atoms with Crippen LogP contribution in [0.3, 0.4) is 0 Å². The van der Waals surface area contributed by atoms with Crippen molar-refractivity contribution in [2.75, 3.05) is 6.61 Å². The third-order valence-corrected chi connectivity index (χ3v) is 11.1. The molecule has 3 aliphatic carbocycles. The molecular weight excluding hydrogens is 695 g/mol. The van der Waals surface area contributed by atoms with Crippen LogP contribution < -0.4 is 0 Å². The summed E-state index contributed by atoms with van der Waals surface area (Å²) in [6.45, 7) is 7.97. The van der Waals surface area contributed by atoms with Crippen LogP contribution in [0.2, 0.25) is 0 Å². The topological polar surface area (TPSA) is 172 Å². The Bertz CT molecular complexity index is 1570. The molecule has 1 aromatic carbocycles. The zero-order chi connectivity index (χ0) is 35.8. The van der Waals surface area contributed by atoms with Gasteiger partial charge in [0.1, 0.15) is 23.9 Å². The van der Waals surface area contributed by atoms with Crippen molar-refractivity contribution in [3.05, 3.63) is 47.0 Å². The van der Waals surface area contributed by atoms with Gasteiger partial charge in [-0.1, -0.05) is 66.8 Å². The van der Waals surface area contributed by atoms with Gasteiger partial charge >= 0.3 is 23.9 Å². The number of esters is 4. The van der Waals surface area contributed by atoms with E-state index in [9.17, 15) is 29.4 Å². The number of carbonyl (C=O) groups is 5. The maximum absolute atomic E-state index is 15.3. The predicted octanol–water partition coefficient (Wildman–Crippen LogP) is 3.57. The first-order valence-electron chi connectivity index (χ1n) is 15.3. The number of aliphatic hydroxyl groups excluding tert-OH is 1. The lowest BCUT2D eigenvalue weighted by atomic mass is 9.44. The van der Waals surface area contributed by atoms with Crippen molar-refractivity contribution >= 4 is 64.5 Å². The van der Waals surface area contributed by atoms with Crippen molar-refractivity contribution in [1.82, 2.24) is 0 Å². The molecule has 0 spiro atoms. The van der Waals surface area contributed by atoms with Crippen molar-refractivity contribution in [2.45, 2.75) is 99.9 Å². The van der Waals surface area contributed by atoms with Crippen LogP contribution in [0.15, 0.2) is 41.5 Å². The first-order valence-corrected chi connectivity index (χ1v) is 16.4. The molecule has 1 aliphatic heterocycles. The lowest BCUT2D eigenvalue weighted by Gasteiger charge is -2.67. The highest BCUT2D eigenvalue weighted by Crippen LogP contribution is 2.64. The van der Waals surface area contributed by atoms with Crippen LogP contribution in [0.1, 0.15) is 64.7 Å². The van der Waals surface area contributed by atoms with Crippen LogP contribution in [-0.4, -0.2) is 92.0 Å². The summed E-state index contributed by atoms with van der Waals surface area (Å²) in [6.07, 6.45) is -8.20. The molecule has 0 amide bonds. The van der Waals surface area contributed by atoms with Crippen molar-refractivity contribution < 1.29 is 57.9 Å². The number of rotatable bonds is 5. The molecule has 0 radical (unpaired) electrons. The van der Waals surface area contributed by atoms with E-state index < -0.39 is 98.3 Å². The van der Waals surface area contributed by atoms with E-state index in [1.807, 2.05) is 0 Å². The Hall–Kier alpha value is -2.74. The zero-order valence-electron chi connectivity index (χ0n) is 27.1. The minimum atomic E-state index is -2.59. The number of carbonyl (C=O) groups excluding carboxylic acids is 5. The van der Waals surface area contributed by atoms with E-state index in [0.29, 0.717) is 0 Å².